The number of ether oxygens (including phenoxy) is 2. The van der Waals surface area contributed by atoms with Crippen LogP contribution in [0.4, 0.5) is 0 Å². The minimum absolute atomic E-state index is 0.0213. The third-order valence-corrected chi connectivity index (χ3v) is 8.03. The Morgan fingerprint density at radius 3 is 2.43 bits per heavy atom. The van der Waals surface area contributed by atoms with Crippen LogP contribution < -0.4 is 4.74 Å². The number of amides is 1. The monoisotopic (exact) mass is 619 g/mol. The van der Waals surface area contributed by atoms with E-state index in [1.807, 2.05) is 28.1 Å². The van der Waals surface area contributed by atoms with Crippen molar-refractivity contribution >= 4 is 28.4 Å². The molecule has 0 saturated heterocycles. The van der Waals surface area contributed by atoms with Gasteiger partial charge in [0.1, 0.15) is 18.5 Å². The van der Waals surface area contributed by atoms with Crippen molar-refractivity contribution in [3.63, 3.8) is 0 Å². The summed E-state index contributed by atoms with van der Waals surface area (Å²) in [6, 6.07) is 23.9. The van der Waals surface area contributed by atoms with Gasteiger partial charge >= 0.3 is 0 Å². The number of hydrogen-bond acceptors (Lipinski definition) is 5. The van der Waals surface area contributed by atoms with Gasteiger partial charge in [0.15, 0.2) is 0 Å². The van der Waals surface area contributed by atoms with Gasteiger partial charge in [0, 0.05) is 62.0 Å². The predicted octanol–water partition coefficient (Wildman–Crippen LogP) is 6.47. The topological polar surface area (TPSA) is 78.0 Å². The molecule has 1 amide bonds. The Balaban J connectivity index is 1.46. The van der Waals surface area contributed by atoms with Gasteiger partial charge in [0.2, 0.25) is 5.91 Å². The summed E-state index contributed by atoms with van der Waals surface area (Å²) in [4.78, 5) is 21.2. The van der Waals surface area contributed by atoms with Crippen molar-refractivity contribution in [2.45, 2.75) is 51.7 Å². The van der Waals surface area contributed by atoms with Gasteiger partial charge in [-0.3, -0.25) is 9.69 Å². The second-order valence-electron chi connectivity index (χ2n) is 12.4. The molecule has 0 unspecified atom stereocenters. The number of halogens is 1. The number of hydrogen-bond donors (Lipinski definition) is 2. The van der Waals surface area contributed by atoms with Crippen LogP contribution in [0.1, 0.15) is 43.9 Å². The molecular weight excluding hydrogens is 574 g/mol. The highest BCUT2D eigenvalue weighted by Gasteiger charge is 2.21. The molecule has 0 fully saturated rings. The molecule has 0 aliphatic rings. The molecule has 3 aromatic carbocycles. The molecule has 2 N–H and O–H groups in total. The molecule has 1 atom stereocenters. The lowest BCUT2D eigenvalue weighted by atomic mass is 9.87. The van der Waals surface area contributed by atoms with E-state index in [2.05, 4.69) is 62.2 Å². The first kappa shape index (κ1) is 33.5. The first-order valence-electron chi connectivity index (χ1n) is 15.3. The summed E-state index contributed by atoms with van der Waals surface area (Å²) in [5.74, 6) is 0.657. The number of aromatic amines is 1. The second-order valence-corrected chi connectivity index (χ2v) is 12.8. The molecule has 7 nitrogen and oxygen atoms in total. The van der Waals surface area contributed by atoms with Crippen LogP contribution in [0.25, 0.3) is 10.9 Å². The van der Waals surface area contributed by atoms with Crippen molar-refractivity contribution in [2.75, 3.05) is 46.5 Å². The normalized spacial score (nSPS) is 12.5. The maximum absolute atomic E-state index is 14.0. The van der Waals surface area contributed by atoms with E-state index in [4.69, 9.17) is 21.1 Å². The summed E-state index contributed by atoms with van der Waals surface area (Å²) in [5.41, 5.74) is 4.69. The SMILES string of the molecule is COCCCN(CC(=O)N(CCc1c[nH]c2ccccc12)Cc1ccc(C(C)(C)C)cc1)C[C@@H](O)COc1ccc(Cl)cc1. The summed E-state index contributed by atoms with van der Waals surface area (Å²) in [6.07, 6.45) is 2.75. The smallest absolute Gasteiger partial charge is 0.237 e. The number of benzene rings is 3. The number of aliphatic hydroxyl groups is 1. The zero-order valence-corrected chi connectivity index (χ0v) is 27.1. The molecule has 4 rings (SSSR count). The fraction of sp³-hybridized carbons (Fsp3) is 0.417. The minimum atomic E-state index is -0.773. The average molecular weight is 620 g/mol. The van der Waals surface area contributed by atoms with Gasteiger partial charge in [-0.1, -0.05) is 74.8 Å². The third-order valence-electron chi connectivity index (χ3n) is 7.78. The van der Waals surface area contributed by atoms with Crippen molar-refractivity contribution < 1.29 is 19.4 Å². The van der Waals surface area contributed by atoms with Gasteiger partial charge in [-0.05, 0) is 65.3 Å². The number of rotatable bonds is 16. The first-order valence-corrected chi connectivity index (χ1v) is 15.7. The first-order chi connectivity index (χ1) is 21.1. The number of carbonyl (C=O) groups excluding carboxylic acids is 1. The second kappa shape index (κ2) is 16.1. The largest absolute Gasteiger partial charge is 0.491 e. The molecule has 0 aliphatic carbocycles. The zero-order chi connectivity index (χ0) is 31.5. The maximum atomic E-state index is 14.0. The molecule has 44 heavy (non-hydrogen) atoms. The molecular formula is C36H46ClN3O4. The van der Waals surface area contributed by atoms with Crippen LogP contribution >= 0.6 is 11.6 Å². The Labute approximate surface area is 266 Å². The van der Waals surface area contributed by atoms with Gasteiger partial charge in [0.05, 0.1) is 6.54 Å². The van der Waals surface area contributed by atoms with E-state index < -0.39 is 6.10 Å². The standard InChI is InChI=1S/C36H46ClN3O4/c1-36(2,3)29-12-10-27(11-13-29)23-40(20-18-28-22-38-34-9-6-5-8-33(28)34)35(42)25-39(19-7-21-43-4)24-31(41)26-44-32-16-14-30(37)15-17-32/h5-6,8-17,22,31,38,41H,7,18-21,23-26H2,1-4H3/t31-/m1/s1. The van der Waals surface area contributed by atoms with E-state index in [0.717, 1.165) is 23.9 Å². The number of nitrogens with one attached hydrogen (secondary N) is 1. The number of fused-ring (bicyclic) bond motifs is 1. The van der Waals surface area contributed by atoms with Crippen LogP contribution in [0.2, 0.25) is 5.02 Å². The van der Waals surface area contributed by atoms with Crippen LogP contribution in [-0.2, 0) is 27.9 Å². The molecule has 0 radical (unpaired) electrons. The van der Waals surface area contributed by atoms with Crippen LogP contribution in [0, 0.1) is 0 Å². The number of methoxy groups -OCH3 is 1. The van der Waals surface area contributed by atoms with Gasteiger partial charge in [0.25, 0.3) is 0 Å². The number of carbonyl (C=O) groups is 1. The van der Waals surface area contributed by atoms with E-state index in [9.17, 15) is 9.90 Å². The van der Waals surface area contributed by atoms with Gasteiger partial charge in [-0.15, -0.1) is 0 Å². The van der Waals surface area contributed by atoms with E-state index in [1.54, 1.807) is 31.4 Å². The van der Waals surface area contributed by atoms with Crippen molar-refractivity contribution in [1.82, 2.24) is 14.8 Å². The maximum Gasteiger partial charge on any atom is 0.237 e. The number of aromatic nitrogens is 1. The number of nitrogens with zero attached hydrogens (tertiary/aromatic N) is 2. The summed E-state index contributed by atoms with van der Waals surface area (Å²) < 4.78 is 11.0. The van der Waals surface area contributed by atoms with Crippen molar-refractivity contribution in [2.24, 2.45) is 0 Å². The molecule has 236 valence electrons. The molecule has 1 aromatic heterocycles. The summed E-state index contributed by atoms with van der Waals surface area (Å²) in [6.45, 7) is 9.50. The predicted molar refractivity (Wildman–Crippen MR) is 178 cm³/mol. The Bertz CT molecular complexity index is 1450. The molecule has 0 spiro atoms. The Morgan fingerprint density at radius 2 is 1.73 bits per heavy atom. The van der Waals surface area contributed by atoms with Crippen LogP contribution in [-0.4, -0.2) is 78.4 Å². The van der Waals surface area contributed by atoms with Crippen LogP contribution in [0.3, 0.4) is 0 Å². The molecule has 1 heterocycles. The van der Waals surface area contributed by atoms with E-state index in [1.165, 1.54) is 16.5 Å². The molecule has 0 bridgehead atoms. The fourth-order valence-corrected chi connectivity index (χ4v) is 5.37. The quantitative estimate of drug-likeness (QED) is 0.141. The van der Waals surface area contributed by atoms with Gasteiger partial charge < -0.3 is 24.5 Å². The molecule has 0 aliphatic heterocycles. The highest BCUT2D eigenvalue weighted by atomic mass is 35.5. The van der Waals surface area contributed by atoms with E-state index in [0.29, 0.717) is 43.6 Å². The Hall–Kier alpha value is -3.36. The molecule has 4 aromatic rings. The molecule has 8 heteroatoms. The highest BCUT2D eigenvalue weighted by molar-refractivity contribution is 6.30. The minimum Gasteiger partial charge on any atom is -0.491 e. The summed E-state index contributed by atoms with van der Waals surface area (Å²) >= 11 is 5.97. The number of aliphatic hydroxyl groups excluding tert-OH is 1. The zero-order valence-electron chi connectivity index (χ0n) is 26.4. The lowest BCUT2D eigenvalue weighted by Crippen LogP contribution is -2.44. The van der Waals surface area contributed by atoms with Crippen molar-refractivity contribution in [3.8, 4) is 5.75 Å². The Morgan fingerprint density at radius 1 is 1.00 bits per heavy atom. The lowest BCUT2D eigenvalue weighted by Gasteiger charge is -2.29. The van der Waals surface area contributed by atoms with E-state index in [-0.39, 0.29) is 24.5 Å². The van der Waals surface area contributed by atoms with Gasteiger partial charge in [-0.2, -0.15) is 0 Å². The highest BCUT2D eigenvalue weighted by Crippen LogP contribution is 2.23. The molecule has 0 saturated carbocycles. The van der Waals surface area contributed by atoms with Crippen LogP contribution in [0.15, 0.2) is 79.0 Å². The Kier molecular flexibility index (Phi) is 12.3. The third kappa shape index (κ3) is 10.1. The summed E-state index contributed by atoms with van der Waals surface area (Å²) in [7, 11) is 1.67. The average Bonchev–Trinajstić information content (AvgIpc) is 3.42. The fourth-order valence-electron chi connectivity index (χ4n) is 5.25. The van der Waals surface area contributed by atoms with Crippen LogP contribution in [0.5, 0.6) is 5.75 Å². The number of para-hydroxylation sites is 1. The van der Waals surface area contributed by atoms with Gasteiger partial charge in [-0.25, -0.2) is 0 Å². The lowest BCUT2D eigenvalue weighted by molar-refractivity contribution is -0.133. The summed E-state index contributed by atoms with van der Waals surface area (Å²) in [5, 5.41) is 12.7. The van der Waals surface area contributed by atoms with E-state index >= 15 is 0 Å². The van der Waals surface area contributed by atoms with Crippen molar-refractivity contribution in [1.29, 1.82) is 0 Å². The number of H-pyrrole nitrogens is 1. The van der Waals surface area contributed by atoms with Crippen molar-refractivity contribution in [3.05, 3.63) is 101 Å².